The molecule has 2 aromatic carbocycles. The van der Waals surface area contributed by atoms with Gasteiger partial charge in [0.1, 0.15) is 6.61 Å². The lowest BCUT2D eigenvalue weighted by molar-refractivity contribution is -0.140. The van der Waals surface area contributed by atoms with E-state index in [1.807, 2.05) is 43.3 Å². The molecule has 32 heavy (non-hydrogen) atoms. The maximum Gasteiger partial charge on any atom is 0.254 e. The molecule has 2 bridgehead atoms. The van der Waals surface area contributed by atoms with Crippen molar-refractivity contribution in [3.05, 3.63) is 70.2 Å². The van der Waals surface area contributed by atoms with Crippen LogP contribution in [0, 0.1) is 23.7 Å². The quantitative estimate of drug-likeness (QED) is 0.321. The summed E-state index contributed by atoms with van der Waals surface area (Å²) in [7, 11) is 0. The maximum absolute atomic E-state index is 12.8. The van der Waals surface area contributed by atoms with Crippen molar-refractivity contribution in [2.75, 3.05) is 6.61 Å². The zero-order valence-electron chi connectivity index (χ0n) is 17.6. The molecule has 7 heteroatoms. The summed E-state index contributed by atoms with van der Waals surface area (Å²) in [6.07, 6.45) is 6.59. The second-order valence-corrected chi connectivity index (χ2v) is 9.20. The zero-order valence-corrected chi connectivity index (χ0v) is 19.2. The molecule has 2 aromatic rings. The van der Waals surface area contributed by atoms with Gasteiger partial charge in [-0.25, -0.2) is 0 Å². The first-order valence-corrected chi connectivity index (χ1v) is 11.6. The van der Waals surface area contributed by atoms with E-state index in [9.17, 15) is 9.59 Å². The molecule has 0 radical (unpaired) electrons. The normalized spacial score (nSPS) is 25.8. The van der Waals surface area contributed by atoms with E-state index in [-0.39, 0.29) is 35.5 Å². The van der Waals surface area contributed by atoms with E-state index in [1.54, 1.807) is 6.07 Å². The minimum Gasteiger partial charge on any atom is -0.490 e. The van der Waals surface area contributed by atoms with Gasteiger partial charge in [-0.3, -0.25) is 9.59 Å². The van der Waals surface area contributed by atoms with Crippen LogP contribution >= 0.6 is 15.9 Å². The van der Waals surface area contributed by atoms with Crippen LogP contribution in [-0.4, -0.2) is 29.6 Å². The predicted octanol–water partition coefficient (Wildman–Crippen LogP) is 4.57. The average Bonchev–Trinajstić information content (AvgIpc) is 3.47. The summed E-state index contributed by atoms with van der Waals surface area (Å²) < 4.78 is 12.7. The molecular weight excluding hydrogens is 472 g/mol. The lowest BCUT2D eigenvalue weighted by Gasteiger charge is -2.13. The van der Waals surface area contributed by atoms with Crippen LogP contribution in [0.3, 0.4) is 0 Å². The monoisotopic (exact) mass is 494 g/mol. The second-order valence-electron chi connectivity index (χ2n) is 8.29. The Morgan fingerprint density at radius 1 is 1.00 bits per heavy atom. The molecule has 1 saturated carbocycles. The number of imide groups is 1. The van der Waals surface area contributed by atoms with Gasteiger partial charge in [-0.2, -0.15) is 10.1 Å². The van der Waals surface area contributed by atoms with Gasteiger partial charge in [0.25, 0.3) is 11.8 Å². The Morgan fingerprint density at radius 3 is 2.34 bits per heavy atom. The highest BCUT2D eigenvalue weighted by atomic mass is 79.9. The van der Waals surface area contributed by atoms with Crippen LogP contribution in [0.25, 0.3) is 0 Å². The summed E-state index contributed by atoms with van der Waals surface area (Å²) in [6, 6.07) is 13.4. The molecule has 2 amide bonds. The molecule has 2 fully saturated rings. The highest BCUT2D eigenvalue weighted by molar-refractivity contribution is 9.10. The summed E-state index contributed by atoms with van der Waals surface area (Å²) in [6.45, 7) is 2.80. The van der Waals surface area contributed by atoms with Gasteiger partial charge < -0.3 is 9.47 Å². The van der Waals surface area contributed by atoms with Gasteiger partial charge in [-0.05, 0) is 66.6 Å². The van der Waals surface area contributed by atoms with Gasteiger partial charge in [-0.1, -0.05) is 40.2 Å². The van der Waals surface area contributed by atoms with E-state index in [1.165, 1.54) is 6.21 Å². The van der Waals surface area contributed by atoms with Gasteiger partial charge >= 0.3 is 0 Å². The summed E-state index contributed by atoms with van der Waals surface area (Å²) >= 11 is 3.43. The van der Waals surface area contributed by atoms with Crippen LogP contribution in [0.2, 0.25) is 0 Å². The number of carbonyl (C=O) groups excluding carboxylic acids is 2. The smallest absolute Gasteiger partial charge is 0.254 e. The van der Waals surface area contributed by atoms with E-state index < -0.39 is 0 Å². The fourth-order valence-electron chi connectivity index (χ4n) is 4.86. The molecule has 1 heterocycles. The molecule has 4 atom stereocenters. The Kier molecular flexibility index (Phi) is 5.59. The number of benzene rings is 2. The van der Waals surface area contributed by atoms with Crippen LogP contribution in [-0.2, 0) is 16.2 Å². The number of fused-ring (bicyclic) bond motifs is 5. The van der Waals surface area contributed by atoms with Crippen LogP contribution < -0.4 is 9.47 Å². The van der Waals surface area contributed by atoms with Gasteiger partial charge in [0, 0.05) is 4.47 Å². The first-order chi connectivity index (χ1) is 15.5. The van der Waals surface area contributed by atoms with E-state index >= 15 is 0 Å². The van der Waals surface area contributed by atoms with E-state index in [2.05, 4.69) is 33.2 Å². The number of rotatable bonds is 7. The van der Waals surface area contributed by atoms with E-state index in [0.29, 0.717) is 24.7 Å². The number of allylic oxidation sites excluding steroid dienone is 2. The Morgan fingerprint density at radius 2 is 1.69 bits per heavy atom. The number of hydrazone groups is 1. The van der Waals surface area contributed by atoms with Crippen molar-refractivity contribution in [1.29, 1.82) is 0 Å². The molecule has 5 rings (SSSR count). The zero-order chi connectivity index (χ0) is 22.2. The molecular formula is C25H23BrN2O4. The lowest BCUT2D eigenvalue weighted by atomic mass is 9.85. The van der Waals surface area contributed by atoms with Crippen molar-refractivity contribution in [2.45, 2.75) is 20.0 Å². The SMILES string of the molecule is CCOc1cc(C=NN2C(=O)C3C4C=CC(C4)C3C2=O)ccc1OCc1ccc(Br)cc1. The summed E-state index contributed by atoms with van der Waals surface area (Å²) in [5, 5.41) is 5.30. The van der Waals surface area contributed by atoms with Crippen molar-refractivity contribution in [3.63, 3.8) is 0 Å². The highest BCUT2D eigenvalue weighted by Crippen LogP contribution is 2.52. The van der Waals surface area contributed by atoms with Crippen molar-refractivity contribution in [3.8, 4) is 11.5 Å². The molecule has 2 aliphatic carbocycles. The highest BCUT2D eigenvalue weighted by Gasteiger charge is 2.59. The van der Waals surface area contributed by atoms with E-state index in [4.69, 9.17) is 9.47 Å². The fraction of sp³-hybridized carbons (Fsp3) is 0.320. The predicted molar refractivity (Wildman–Crippen MR) is 123 cm³/mol. The van der Waals surface area contributed by atoms with Gasteiger partial charge in [0.05, 0.1) is 24.7 Å². The number of hydrogen-bond acceptors (Lipinski definition) is 5. The topological polar surface area (TPSA) is 68.2 Å². The second kappa shape index (κ2) is 8.54. The van der Waals surface area contributed by atoms with Crippen LogP contribution in [0.15, 0.2) is 64.2 Å². The summed E-state index contributed by atoms with van der Waals surface area (Å²) in [5.41, 5.74) is 1.77. The van der Waals surface area contributed by atoms with Crippen LogP contribution in [0.1, 0.15) is 24.5 Å². The molecule has 0 spiro atoms. The molecule has 1 saturated heterocycles. The maximum atomic E-state index is 12.8. The van der Waals surface area contributed by atoms with E-state index in [0.717, 1.165) is 27.0 Å². The van der Waals surface area contributed by atoms with Crippen molar-refractivity contribution >= 4 is 34.0 Å². The minimum atomic E-state index is -0.247. The van der Waals surface area contributed by atoms with Crippen molar-refractivity contribution in [1.82, 2.24) is 5.01 Å². The number of nitrogens with zero attached hydrogens (tertiary/aromatic N) is 2. The van der Waals surface area contributed by atoms with Crippen LogP contribution in [0.5, 0.6) is 11.5 Å². The number of ether oxygens (including phenoxy) is 2. The largest absolute Gasteiger partial charge is 0.490 e. The Balaban J connectivity index is 1.30. The summed E-state index contributed by atoms with van der Waals surface area (Å²) in [5.74, 6) is 0.692. The standard InChI is InChI=1S/C25H23BrN2O4/c1-2-31-21-11-16(5-10-20(21)32-14-15-3-8-19(26)9-4-15)13-27-28-24(29)22-17-6-7-18(12-17)23(22)25(28)30/h3-11,13,17-18,22-23H,2,12,14H2,1H3. The average molecular weight is 495 g/mol. The third kappa shape index (κ3) is 3.75. The van der Waals surface area contributed by atoms with Gasteiger partial charge in [0.2, 0.25) is 0 Å². The molecule has 4 unspecified atom stereocenters. The Bertz CT molecular complexity index is 1080. The minimum absolute atomic E-state index is 0.174. The van der Waals surface area contributed by atoms with Gasteiger partial charge in [-0.15, -0.1) is 0 Å². The van der Waals surface area contributed by atoms with Crippen molar-refractivity contribution in [2.24, 2.45) is 28.8 Å². The first kappa shape index (κ1) is 20.9. The van der Waals surface area contributed by atoms with Gasteiger partial charge in [0.15, 0.2) is 11.5 Å². The number of carbonyl (C=O) groups is 2. The first-order valence-electron chi connectivity index (χ1n) is 10.8. The number of halogens is 1. The summed E-state index contributed by atoms with van der Waals surface area (Å²) in [4.78, 5) is 25.6. The third-order valence-corrected chi connectivity index (χ3v) is 6.87. The molecule has 164 valence electrons. The molecule has 3 aliphatic rings. The molecule has 0 N–H and O–H groups in total. The Hall–Kier alpha value is -2.93. The molecule has 6 nitrogen and oxygen atoms in total. The number of hydrogen-bond donors (Lipinski definition) is 0. The molecule has 1 aliphatic heterocycles. The Labute approximate surface area is 195 Å². The van der Waals surface area contributed by atoms with Crippen molar-refractivity contribution < 1.29 is 19.1 Å². The fourth-order valence-corrected chi connectivity index (χ4v) is 5.12. The third-order valence-electron chi connectivity index (χ3n) is 6.34. The number of amides is 2. The molecule has 0 aromatic heterocycles. The van der Waals surface area contributed by atoms with Crippen LogP contribution in [0.4, 0.5) is 0 Å². The lowest BCUT2D eigenvalue weighted by Crippen LogP contribution is -2.28.